The molecule has 0 aromatic carbocycles. The highest BCUT2D eigenvalue weighted by Gasteiger charge is 2.40. The highest BCUT2D eigenvalue weighted by molar-refractivity contribution is 7.91. The minimum atomic E-state index is -3.71. The van der Waals surface area contributed by atoms with Crippen LogP contribution in [0.25, 0.3) is 0 Å². The van der Waals surface area contributed by atoms with Crippen molar-refractivity contribution in [1.82, 2.24) is 4.31 Å². The lowest BCUT2D eigenvalue weighted by Gasteiger charge is -2.22. The van der Waals surface area contributed by atoms with Gasteiger partial charge in [-0.05, 0) is 55.5 Å². The summed E-state index contributed by atoms with van der Waals surface area (Å²) in [6.07, 6.45) is 5.88. The van der Waals surface area contributed by atoms with E-state index in [2.05, 4.69) is 5.32 Å². The molecule has 1 saturated heterocycles. The Bertz CT molecular complexity index is 1030. The standard InChI is InChI=1S/C19H23N3O4S3/c20-17(23)16-12-6-2-1-3-8-14(12)28-19(16)21-18(24)13-7-4-10-22(13)29(25,26)15-9-5-11-27-15/h5,9,11,13H,1-4,6-8,10H2,(H2,20,23)(H,21,24)/t13-/m1/s1. The van der Waals surface area contributed by atoms with Crippen molar-refractivity contribution >= 4 is 49.5 Å². The van der Waals surface area contributed by atoms with E-state index in [1.807, 2.05) is 0 Å². The van der Waals surface area contributed by atoms with Crippen molar-refractivity contribution in [1.29, 1.82) is 0 Å². The maximum absolute atomic E-state index is 13.0. The second-order valence-electron chi connectivity index (χ2n) is 7.33. The number of aryl methyl sites for hydroxylation is 1. The second kappa shape index (κ2) is 8.17. The van der Waals surface area contributed by atoms with E-state index < -0.39 is 27.9 Å². The average molecular weight is 454 g/mol. The molecule has 3 heterocycles. The molecule has 2 aliphatic rings. The Morgan fingerprint density at radius 2 is 1.97 bits per heavy atom. The van der Waals surface area contributed by atoms with E-state index in [9.17, 15) is 18.0 Å². The lowest BCUT2D eigenvalue weighted by Crippen LogP contribution is -2.43. The fourth-order valence-corrected chi connectivity index (χ4v) is 8.18. The summed E-state index contributed by atoms with van der Waals surface area (Å²) in [5.74, 6) is -0.948. The molecule has 4 rings (SSSR count). The van der Waals surface area contributed by atoms with Crippen LogP contribution in [0.4, 0.5) is 5.00 Å². The van der Waals surface area contributed by atoms with Crippen LogP contribution in [0.2, 0.25) is 0 Å². The topological polar surface area (TPSA) is 110 Å². The Balaban J connectivity index is 1.60. The van der Waals surface area contributed by atoms with Crippen LogP contribution in [0, 0.1) is 0 Å². The number of sulfonamides is 1. The van der Waals surface area contributed by atoms with E-state index >= 15 is 0 Å². The third-order valence-electron chi connectivity index (χ3n) is 5.47. The third kappa shape index (κ3) is 3.86. The Kier molecular flexibility index (Phi) is 5.78. The molecule has 0 radical (unpaired) electrons. The molecule has 156 valence electrons. The summed E-state index contributed by atoms with van der Waals surface area (Å²) in [6.45, 7) is 0.307. The minimum Gasteiger partial charge on any atom is -0.365 e. The van der Waals surface area contributed by atoms with Crippen molar-refractivity contribution in [2.75, 3.05) is 11.9 Å². The molecule has 1 aliphatic heterocycles. The summed E-state index contributed by atoms with van der Waals surface area (Å²) < 4.78 is 27.3. The molecule has 7 nitrogen and oxygen atoms in total. The quantitative estimate of drug-likeness (QED) is 0.678. The van der Waals surface area contributed by atoms with Crippen LogP contribution in [0.5, 0.6) is 0 Å². The maximum Gasteiger partial charge on any atom is 0.253 e. The third-order valence-corrected chi connectivity index (χ3v) is 9.96. The van der Waals surface area contributed by atoms with Gasteiger partial charge in [-0.2, -0.15) is 4.31 Å². The molecule has 3 N–H and O–H groups in total. The molecule has 1 aliphatic carbocycles. The first-order chi connectivity index (χ1) is 13.9. The zero-order valence-electron chi connectivity index (χ0n) is 15.8. The summed E-state index contributed by atoms with van der Waals surface area (Å²) in [5.41, 5.74) is 6.98. The van der Waals surface area contributed by atoms with Crippen molar-refractivity contribution in [3.8, 4) is 0 Å². The number of hydrogen-bond acceptors (Lipinski definition) is 6. The number of primary amides is 1. The Labute approximate surface area is 178 Å². The van der Waals surface area contributed by atoms with Gasteiger partial charge in [-0.25, -0.2) is 8.42 Å². The summed E-state index contributed by atoms with van der Waals surface area (Å²) in [7, 11) is -3.71. The first-order valence-electron chi connectivity index (χ1n) is 9.70. The summed E-state index contributed by atoms with van der Waals surface area (Å²) in [6, 6.07) is 2.44. The highest BCUT2D eigenvalue weighted by atomic mass is 32.2. The molecular weight excluding hydrogens is 430 g/mol. The molecule has 1 fully saturated rings. The van der Waals surface area contributed by atoms with Gasteiger partial charge in [0.25, 0.3) is 15.9 Å². The Morgan fingerprint density at radius 3 is 2.69 bits per heavy atom. The molecular formula is C19H23N3O4S3. The predicted octanol–water partition coefficient (Wildman–Crippen LogP) is 2.97. The SMILES string of the molecule is NC(=O)c1c(NC(=O)[C@H]2CCCN2S(=O)(=O)c2cccs2)sc2c1CCCCC2. The number of hydrogen-bond donors (Lipinski definition) is 2. The molecule has 10 heteroatoms. The van der Waals surface area contributed by atoms with Crippen molar-refractivity contribution in [3.63, 3.8) is 0 Å². The number of anilines is 1. The van der Waals surface area contributed by atoms with Gasteiger partial charge in [0.1, 0.15) is 15.3 Å². The zero-order valence-corrected chi connectivity index (χ0v) is 18.3. The monoisotopic (exact) mass is 453 g/mol. The lowest BCUT2D eigenvalue weighted by atomic mass is 10.1. The normalized spacial score (nSPS) is 20.2. The number of carbonyl (C=O) groups excluding carboxylic acids is 2. The van der Waals surface area contributed by atoms with Crippen molar-refractivity contribution < 1.29 is 18.0 Å². The molecule has 2 aromatic rings. The molecule has 0 saturated carbocycles. The van der Waals surface area contributed by atoms with Gasteiger partial charge in [0.05, 0.1) is 5.56 Å². The van der Waals surface area contributed by atoms with Crippen molar-refractivity contribution in [2.24, 2.45) is 5.73 Å². The van der Waals surface area contributed by atoms with E-state index in [1.54, 1.807) is 17.5 Å². The highest BCUT2D eigenvalue weighted by Crippen LogP contribution is 2.38. The van der Waals surface area contributed by atoms with Gasteiger partial charge < -0.3 is 11.1 Å². The number of rotatable bonds is 5. The molecule has 29 heavy (non-hydrogen) atoms. The van der Waals surface area contributed by atoms with E-state index in [-0.39, 0.29) is 4.21 Å². The van der Waals surface area contributed by atoms with E-state index in [0.29, 0.717) is 30.0 Å². The smallest absolute Gasteiger partial charge is 0.253 e. The molecule has 2 amide bonds. The minimum absolute atomic E-state index is 0.234. The van der Waals surface area contributed by atoms with Gasteiger partial charge in [-0.1, -0.05) is 12.5 Å². The Morgan fingerprint density at radius 1 is 1.17 bits per heavy atom. The van der Waals surface area contributed by atoms with Crippen molar-refractivity contribution in [3.05, 3.63) is 33.5 Å². The van der Waals surface area contributed by atoms with Gasteiger partial charge in [-0.15, -0.1) is 22.7 Å². The van der Waals surface area contributed by atoms with Crippen LogP contribution in [-0.4, -0.2) is 37.1 Å². The van der Waals surface area contributed by atoms with Crippen molar-refractivity contribution in [2.45, 2.75) is 55.2 Å². The van der Waals surface area contributed by atoms with E-state index in [4.69, 9.17) is 5.73 Å². The predicted molar refractivity (Wildman–Crippen MR) is 114 cm³/mol. The van der Waals surface area contributed by atoms with Gasteiger partial charge >= 0.3 is 0 Å². The second-order valence-corrected chi connectivity index (χ2v) is 11.5. The van der Waals surface area contributed by atoms with Gasteiger partial charge in [0.15, 0.2) is 0 Å². The fourth-order valence-electron chi connectivity index (χ4n) is 4.10. The number of thiophene rings is 2. The van der Waals surface area contributed by atoms with Gasteiger partial charge in [0, 0.05) is 11.4 Å². The first-order valence-corrected chi connectivity index (χ1v) is 12.8. The summed E-state index contributed by atoms with van der Waals surface area (Å²) in [5, 5.41) is 4.99. The van der Waals surface area contributed by atoms with Gasteiger partial charge in [-0.3, -0.25) is 9.59 Å². The number of nitrogens with two attached hydrogens (primary N) is 1. The average Bonchev–Trinajstić information content (AvgIpc) is 3.39. The zero-order chi connectivity index (χ0) is 20.6. The molecule has 0 spiro atoms. The number of nitrogens with zero attached hydrogens (tertiary/aromatic N) is 1. The fraction of sp³-hybridized carbons (Fsp3) is 0.474. The van der Waals surface area contributed by atoms with Crippen LogP contribution in [0.1, 0.15) is 52.9 Å². The number of fused-ring (bicyclic) bond motifs is 1. The van der Waals surface area contributed by atoms with Crippen LogP contribution in [0.15, 0.2) is 21.7 Å². The Hall–Kier alpha value is -1.75. The summed E-state index contributed by atoms with van der Waals surface area (Å²) >= 11 is 2.54. The maximum atomic E-state index is 13.0. The van der Waals surface area contributed by atoms with E-state index in [0.717, 1.165) is 53.9 Å². The van der Waals surface area contributed by atoms with E-state index in [1.165, 1.54) is 15.6 Å². The summed E-state index contributed by atoms with van der Waals surface area (Å²) in [4.78, 5) is 26.3. The largest absolute Gasteiger partial charge is 0.365 e. The molecule has 1 atom stereocenters. The van der Waals surface area contributed by atoms with Crippen LogP contribution in [0.3, 0.4) is 0 Å². The van der Waals surface area contributed by atoms with Crippen LogP contribution >= 0.6 is 22.7 Å². The number of carbonyl (C=O) groups is 2. The number of nitrogens with one attached hydrogen (secondary N) is 1. The molecule has 0 unspecified atom stereocenters. The first kappa shape index (κ1) is 20.5. The molecule has 0 bridgehead atoms. The molecule has 2 aromatic heterocycles. The number of amides is 2. The lowest BCUT2D eigenvalue weighted by molar-refractivity contribution is -0.119. The van der Waals surface area contributed by atoms with Crippen LogP contribution < -0.4 is 11.1 Å². The van der Waals surface area contributed by atoms with Gasteiger partial charge in [0.2, 0.25) is 5.91 Å². The van der Waals surface area contributed by atoms with Crippen LogP contribution in [-0.2, 0) is 27.7 Å².